The summed E-state index contributed by atoms with van der Waals surface area (Å²) in [6, 6.07) is 12.1. The van der Waals surface area contributed by atoms with Gasteiger partial charge in [-0.25, -0.2) is 13.1 Å². The van der Waals surface area contributed by atoms with Crippen LogP contribution >= 0.6 is 0 Å². The summed E-state index contributed by atoms with van der Waals surface area (Å²) < 4.78 is 34.6. The summed E-state index contributed by atoms with van der Waals surface area (Å²) in [5.41, 5.74) is 5.24. The van der Waals surface area contributed by atoms with E-state index in [1.165, 1.54) is 23.1 Å². The van der Waals surface area contributed by atoms with Crippen molar-refractivity contribution in [2.75, 3.05) is 13.7 Å². The number of fused-ring (bicyclic) bond motifs is 3. The lowest BCUT2D eigenvalue weighted by molar-refractivity contribution is 0.0299. The van der Waals surface area contributed by atoms with Gasteiger partial charge in [0.2, 0.25) is 10.0 Å². The first-order valence-corrected chi connectivity index (χ1v) is 13.8. The van der Waals surface area contributed by atoms with Crippen molar-refractivity contribution < 1.29 is 13.2 Å². The summed E-state index contributed by atoms with van der Waals surface area (Å²) in [6.07, 6.45) is 5.54. The molecule has 2 aliphatic carbocycles. The minimum atomic E-state index is -3.58. The van der Waals surface area contributed by atoms with E-state index in [0.29, 0.717) is 29.0 Å². The molecule has 0 radical (unpaired) electrons. The SMILES string of the molecule is COc1ccc(S(=O)(=O)NC[C@]2(C)CCC[C@@]3(C)c4ccc(C(C)C)cc4CC[C@H]23)cc1C. The maximum Gasteiger partial charge on any atom is 0.240 e. The third-order valence-electron chi connectivity index (χ3n) is 8.51. The van der Waals surface area contributed by atoms with Crippen molar-refractivity contribution in [3.8, 4) is 5.75 Å². The largest absolute Gasteiger partial charge is 0.496 e. The Kier molecular flexibility index (Phi) is 6.43. The monoisotopic (exact) mass is 469 g/mol. The van der Waals surface area contributed by atoms with Crippen LogP contribution in [0.4, 0.5) is 0 Å². The van der Waals surface area contributed by atoms with Gasteiger partial charge in [0.25, 0.3) is 0 Å². The van der Waals surface area contributed by atoms with Crippen LogP contribution in [0.1, 0.15) is 81.5 Å². The Morgan fingerprint density at radius 2 is 1.88 bits per heavy atom. The lowest BCUT2D eigenvalue weighted by Crippen LogP contribution is -2.53. The van der Waals surface area contributed by atoms with Crippen molar-refractivity contribution in [1.29, 1.82) is 0 Å². The number of hydrogen-bond acceptors (Lipinski definition) is 3. The molecule has 3 atom stereocenters. The van der Waals surface area contributed by atoms with Crippen molar-refractivity contribution in [2.45, 2.75) is 83.0 Å². The van der Waals surface area contributed by atoms with Gasteiger partial charge >= 0.3 is 0 Å². The van der Waals surface area contributed by atoms with Gasteiger partial charge in [-0.05, 0) is 95.7 Å². The smallest absolute Gasteiger partial charge is 0.240 e. The summed E-state index contributed by atoms with van der Waals surface area (Å²) >= 11 is 0. The Labute approximate surface area is 200 Å². The topological polar surface area (TPSA) is 55.4 Å². The molecule has 2 aromatic carbocycles. The van der Waals surface area contributed by atoms with Crippen LogP contribution < -0.4 is 9.46 Å². The quantitative estimate of drug-likeness (QED) is 0.555. The van der Waals surface area contributed by atoms with E-state index in [1.54, 1.807) is 25.3 Å². The van der Waals surface area contributed by atoms with Gasteiger partial charge in [-0.1, -0.05) is 52.3 Å². The lowest BCUT2D eigenvalue weighted by Gasteiger charge is -2.55. The van der Waals surface area contributed by atoms with E-state index in [0.717, 1.165) is 31.2 Å². The van der Waals surface area contributed by atoms with Gasteiger partial charge in [0.1, 0.15) is 5.75 Å². The van der Waals surface area contributed by atoms with E-state index in [9.17, 15) is 8.42 Å². The molecule has 4 nitrogen and oxygen atoms in total. The molecule has 180 valence electrons. The van der Waals surface area contributed by atoms with Crippen LogP contribution in [0.3, 0.4) is 0 Å². The Hall–Kier alpha value is -1.85. The fourth-order valence-corrected chi connectivity index (χ4v) is 7.84. The standard InChI is InChI=1S/C28H39NO3S/c1-19(2)21-8-11-24-22(17-21)9-13-26-27(4,14-7-15-28(24,26)5)18-29-33(30,31)23-10-12-25(32-6)20(3)16-23/h8,10-12,16-17,19,26,29H,7,9,13-15,18H2,1-6H3/t26-,27+,28+/m1/s1. The normalized spacial score (nSPS) is 27.2. The number of hydrogen-bond donors (Lipinski definition) is 1. The van der Waals surface area contributed by atoms with E-state index in [1.807, 2.05) is 6.92 Å². The highest BCUT2D eigenvalue weighted by atomic mass is 32.2. The maximum atomic E-state index is 13.2. The fraction of sp³-hybridized carbons (Fsp3) is 0.571. The van der Waals surface area contributed by atoms with Crippen LogP contribution in [0.2, 0.25) is 0 Å². The molecule has 0 unspecified atom stereocenters. The van der Waals surface area contributed by atoms with Crippen molar-refractivity contribution >= 4 is 10.0 Å². The van der Waals surface area contributed by atoms with Crippen LogP contribution in [0.5, 0.6) is 5.75 Å². The van der Waals surface area contributed by atoms with Crippen molar-refractivity contribution in [3.05, 3.63) is 58.7 Å². The molecule has 33 heavy (non-hydrogen) atoms. The summed E-state index contributed by atoms with van der Waals surface area (Å²) in [4.78, 5) is 0.304. The van der Waals surface area contributed by atoms with Crippen molar-refractivity contribution in [1.82, 2.24) is 4.72 Å². The molecule has 1 saturated carbocycles. The van der Waals surface area contributed by atoms with E-state index in [2.05, 4.69) is 50.6 Å². The highest BCUT2D eigenvalue weighted by Gasteiger charge is 2.51. The van der Waals surface area contributed by atoms with Crippen molar-refractivity contribution in [2.24, 2.45) is 11.3 Å². The number of rotatable bonds is 6. The fourth-order valence-electron chi connectivity index (χ4n) is 6.58. The summed E-state index contributed by atoms with van der Waals surface area (Å²) in [6.45, 7) is 11.6. The van der Waals surface area contributed by atoms with Crippen LogP contribution in [0.25, 0.3) is 0 Å². The molecule has 4 rings (SSSR count). The first-order chi connectivity index (χ1) is 15.5. The highest BCUT2D eigenvalue weighted by molar-refractivity contribution is 7.89. The molecule has 0 spiro atoms. The summed E-state index contributed by atoms with van der Waals surface area (Å²) in [5.74, 6) is 1.69. The van der Waals surface area contributed by atoms with Gasteiger partial charge < -0.3 is 4.74 Å². The molecule has 1 fully saturated rings. The predicted octanol–water partition coefficient (Wildman–Crippen LogP) is 6.12. The molecular weight excluding hydrogens is 430 g/mol. The van der Waals surface area contributed by atoms with E-state index in [4.69, 9.17) is 4.74 Å². The average molecular weight is 470 g/mol. The van der Waals surface area contributed by atoms with Crippen LogP contribution in [-0.4, -0.2) is 22.1 Å². The minimum absolute atomic E-state index is 0.0734. The Balaban J connectivity index is 1.58. The molecule has 2 aliphatic rings. The second-order valence-electron chi connectivity index (χ2n) is 11.0. The number of methoxy groups -OCH3 is 1. The van der Waals surface area contributed by atoms with Gasteiger partial charge in [0, 0.05) is 6.54 Å². The second kappa shape index (κ2) is 8.74. The average Bonchev–Trinajstić information content (AvgIpc) is 2.77. The number of aryl methyl sites for hydroxylation is 2. The molecular formula is C28H39NO3S. The number of ether oxygens (including phenoxy) is 1. The molecule has 0 amide bonds. The molecule has 0 heterocycles. The zero-order valence-corrected chi connectivity index (χ0v) is 21.8. The molecule has 2 aromatic rings. The number of nitrogens with one attached hydrogen (secondary N) is 1. The Morgan fingerprint density at radius 3 is 2.55 bits per heavy atom. The van der Waals surface area contributed by atoms with Gasteiger partial charge in [-0.15, -0.1) is 0 Å². The zero-order valence-electron chi connectivity index (χ0n) is 21.0. The van der Waals surface area contributed by atoms with Crippen LogP contribution in [-0.2, 0) is 21.9 Å². The first kappa shape index (κ1) is 24.3. The summed E-state index contributed by atoms with van der Waals surface area (Å²) in [7, 11) is -1.99. The van der Waals surface area contributed by atoms with E-state index in [-0.39, 0.29) is 10.8 Å². The number of sulfonamides is 1. The molecule has 0 aliphatic heterocycles. The Bertz CT molecular complexity index is 1140. The summed E-state index contributed by atoms with van der Waals surface area (Å²) in [5, 5.41) is 0. The van der Waals surface area contributed by atoms with Crippen LogP contribution in [0, 0.1) is 18.3 Å². The third-order valence-corrected chi connectivity index (χ3v) is 9.91. The highest BCUT2D eigenvalue weighted by Crippen LogP contribution is 2.57. The van der Waals surface area contributed by atoms with Gasteiger partial charge in [-0.3, -0.25) is 0 Å². The van der Waals surface area contributed by atoms with E-state index < -0.39 is 10.0 Å². The molecule has 0 saturated heterocycles. The minimum Gasteiger partial charge on any atom is -0.496 e. The molecule has 0 bridgehead atoms. The van der Waals surface area contributed by atoms with Gasteiger partial charge in [0.05, 0.1) is 12.0 Å². The second-order valence-corrected chi connectivity index (χ2v) is 12.8. The Morgan fingerprint density at radius 1 is 1.12 bits per heavy atom. The lowest BCUT2D eigenvalue weighted by atomic mass is 9.50. The number of benzene rings is 2. The van der Waals surface area contributed by atoms with Gasteiger partial charge in [0.15, 0.2) is 0 Å². The van der Waals surface area contributed by atoms with E-state index >= 15 is 0 Å². The first-order valence-electron chi connectivity index (χ1n) is 12.3. The maximum absolute atomic E-state index is 13.2. The molecule has 0 aromatic heterocycles. The molecule has 5 heteroatoms. The molecule has 1 N–H and O–H groups in total. The zero-order chi connectivity index (χ0) is 24.0. The van der Waals surface area contributed by atoms with Gasteiger partial charge in [-0.2, -0.15) is 0 Å². The third kappa shape index (κ3) is 4.35. The predicted molar refractivity (Wildman–Crippen MR) is 135 cm³/mol. The van der Waals surface area contributed by atoms with Crippen LogP contribution in [0.15, 0.2) is 41.3 Å². The van der Waals surface area contributed by atoms with Crippen molar-refractivity contribution in [3.63, 3.8) is 0 Å².